The van der Waals surface area contributed by atoms with Gasteiger partial charge in [-0.25, -0.2) is 0 Å². The number of carbonyl (C=O) groups is 1. The van der Waals surface area contributed by atoms with Crippen LogP contribution in [0.25, 0.3) is 10.9 Å². The van der Waals surface area contributed by atoms with E-state index in [0.717, 1.165) is 36.9 Å². The third-order valence-electron chi connectivity index (χ3n) is 8.08. The highest BCUT2D eigenvalue weighted by Gasteiger charge is 2.38. The van der Waals surface area contributed by atoms with E-state index in [0.29, 0.717) is 42.4 Å². The molecule has 206 valence electrons. The number of ether oxygens (including phenoxy) is 1. The summed E-state index contributed by atoms with van der Waals surface area (Å²) in [6.45, 7) is 5.59. The van der Waals surface area contributed by atoms with E-state index in [1.165, 1.54) is 0 Å². The lowest BCUT2D eigenvalue weighted by atomic mass is 9.75. The van der Waals surface area contributed by atoms with Crippen molar-refractivity contribution in [1.82, 2.24) is 14.8 Å². The molecule has 9 nitrogen and oxygen atoms in total. The van der Waals surface area contributed by atoms with E-state index in [1.54, 1.807) is 6.20 Å². The van der Waals surface area contributed by atoms with Crippen LogP contribution in [0.2, 0.25) is 0 Å². The van der Waals surface area contributed by atoms with Gasteiger partial charge in [0.2, 0.25) is 0 Å². The Morgan fingerprint density at radius 2 is 1.85 bits per heavy atom. The predicted octanol–water partition coefficient (Wildman–Crippen LogP) is 5.44. The van der Waals surface area contributed by atoms with Gasteiger partial charge in [0.05, 0.1) is 35.1 Å². The van der Waals surface area contributed by atoms with Crippen LogP contribution in [0.5, 0.6) is 0 Å². The normalized spacial score (nSPS) is 25.7. The van der Waals surface area contributed by atoms with Crippen LogP contribution in [-0.4, -0.2) is 31.4 Å². The predicted molar refractivity (Wildman–Crippen MR) is 148 cm³/mol. The molecule has 0 spiro atoms. The summed E-state index contributed by atoms with van der Waals surface area (Å²) in [5.41, 5.74) is 0.478. The number of anilines is 2. The SMILES string of the molecule is CC(C)(C)OC(=O)C1CCC(O)(c2ccc(Nc3nn(C4CCCCC4C#N)c4cc[nH]c(=O)c34)cc2)CC1. The van der Waals surface area contributed by atoms with Crippen LogP contribution >= 0.6 is 0 Å². The van der Waals surface area contributed by atoms with Crippen molar-refractivity contribution in [3.8, 4) is 6.07 Å². The van der Waals surface area contributed by atoms with Crippen molar-refractivity contribution in [2.45, 2.75) is 89.4 Å². The number of aromatic amines is 1. The second-order valence-corrected chi connectivity index (χ2v) is 12.0. The minimum absolute atomic E-state index is 0.0731. The third kappa shape index (κ3) is 5.57. The minimum Gasteiger partial charge on any atom is -0.460 e. The number of rotatable bonds is 5. The molecule has 0 saturated heterocycles. The van der Waals surface area contributed by atoms with Crippen molar-refractivity contribution >= 4 is 28.4 Å². The van der Waals surface area contributed by atoms with E-state index in [9.17, 15) is 20.0 Å². The topological polar surface area (TPSA) is 133 Å². The van der Waals surface area contributed by atoms with E-state index in [-0.39, 0.29) is 29.4 Å². The number of hydrogen-bond donors (Lipinski definition) is 3. The van der Waals surface area contributed by atoms with Crippen LogP contribution < -0.4 is 10.9 Å². The van der Waals surface area contributed by atoms with E-state index < -0.39 is 11.2 Å². The molecule has 0 bridgehead atoms. The molecule has 39 heavy (non-hydrogen) atoms. The maximum atomic E-state index is 12.8. The molecule has 1 aromatic carbocycles. The highest BCUT2D eigenvalue weighted by Crippen LogP contribution is 2.41. The molecular formula is C30H37N5O4. The Kier molecular flexibility index (Phi) is 7.25. The van der Waals surface area contributed by atoms with Crippen LogP contribution in [0.3, 0.4) is 0 Å². The largest absolute Gasteiger partial charge is 0.460 e. The van der Waals surface area contributed by atoms with E-state index in [4.69, 9.17) is 9.84 Å². The number of nitriles is 1. The van der Waals surface area contributed by atoms with Crippen LogP contribution in [0.1, 0.15) is 83.7 Å². The molecule has 3 N–H and O–H groups in total. The fourth-order valence-electron chi connectivity index (χ4n) is 6.00. The molecule has 0 aliphatic heterocycles. The van der Waals surface area contributed by atoms with Crippen molar-refractivity contribution in [1.29, 1.82) is 5.26 Å². The maximum Gasteiger partial charge on any atom is 0.309 e. The second kappa shape index (κ2) is 10.5. The van der Waals surface area contributed by atoms with E-state index in [1.807, 2.05) is 55.8 Å². The molecule has 2 aliphatic rings. The van der Waals surface area contributed by atoms with Crippen molar-refractivity contribution in [2.75, 3.05) is 5.32 Å². The number of benzene rings is 1. The number of nitrogens with one attached hydrogen (secondary N) is 2. The molecule has 2 aromatic heterocycles. The van der Waals surface area contributed by atoms with Gasteiger partial charge in [0.15, 0.2) is 5.82 Å². The summed E-state index contributed by atoms with van der Waals surface area (Å²) >= 11 is 0. The molecule has 9 heteroatoms. The summed E-state index contributed by atoms with van der Waals surface area (Å²) in [4.78, 5) is 28.0. The number of aliphatic hydroxyl groups is 1. The number of carbonyl (C=O) groups excluding carboxylic acids is 1. The average Bonchev–Trinajstić information content (AvgIpc) is 3.27. The maximum absolute atomic E-state index is 12.8. The molecule has 5 rings (SSSR count). The van der Waals surface area contributed by atoms with Crippen LogP contribution in [0, 0.1) is 23.2 Å². The van der Waals surface area contributed by atoms with Gasteiger partial charge < -0.3 is 20.1 Å². The first kappa shape index (κ1) is 26.9. The molecule has 0 amide bonds. The van der Waals surface area contributed by atoms with Gasteiger partial charge in [-0.05, 0) is 83.1 Å². The summed E-state index contributed by atoms with van der Waals surface area (Å²) < 4.78 is 7.39. The summed E-state index contributed by atoms with van der Waals surface area (Å²) in [6.07, 6.45) is 7.46. The molecule has 2 aliphatic carbocycles. The molecule has 3 aromatic rings. The molecule has 2 unspecified atom stereocenters. The molecule has 2 saturated carbocycles. The average molecular weight is 532 g/mol. The van der Waals surface area contributed by atoms with Gasteiger partial charge in [0, 0.05) is 11.9 Å². The van der Waals surface area contributed by atoms with E-state index in [2.05, 4.69) is 16.4 Å². The van der Waals surface area contributed by atoms with Gasteiger partial charge in [-0.1, -0.05) is 25.0 Å². The highest BCUT2D eigenvalue weighted by molar-refractivity contribution is 5.91. The van der Waals surface area contributed by atoms with Crippen LogP contribution in [0.4, 0.5) is 11.5 Å². The van der Waals surface area contributed by atoms with Gasteiger partial charge >= 0.3 is 5.97 Å². The first-order valence-corrected chi connectivity index (χ1v) is 13.9. The van der Waals surface area contributed by atoms with Gasteiger partial charge in [-0.2, -0.15) is 10.4 Å². The Morgan fingerprint density at radius 1 is 1.15 bits per heavy atom. The molecule has 2 heterocycles. The standard InChI is InChI=1S/C30H37N5O4/c1-29(2,3)39-28(37)19-12-15-30(38,16-13-19)21-8-10-22(11-9-21)33-26-25-24(14-17-32-27(25)36)35(34-26)23-7-5-4-6-20(23)18-31/h8-11,14,17,19-20,23,38H,4-7,12-13,15-16H2,1-3H3,(H,32,36)(H,33,34). The Hall–Kier alpha value is -3.64. The number of esters is 1. The second-order valence-electron chi connectivity index (χ2n) is 12.0. The summed E-state index contributed by atoms with van der Waals surface area (Å²) in [5, 5.41) is 29.6. The lowest BCUT2D eigenvalue weighted by Crippen LogP contribution is -2.36. The molecule has 2 atom stereocenters. The number of fused-ring (bicyclic) bond motifs is 1. The molecule has 0 radical (unpaired) electrons. The van der Waals surface area contributed by atoms with Crippen LogP contribution in [-0.2, 0) is 15.1 Å². The first-order chi connectivity index (χ1) is 18.6. The Bertz CT molecular complexity index is 1440. The summed E-state index contributed by atoms with van der Waals surface area (Å²) in [7, 11) is 0. The van der Waals surface area contributed by atoms with Gasteiger partial charge in [-0.3, -0.25) is 14.3 Å². The smallest absolute Gasteiger partial charge is 0.309 e. The number of hydrogen-bond acceptors (Lipinski definition) is 7. The van der Waals surface area contributed by atoms with Gasteiger partial charge in [-0.15, -0.1) is 0 Å². The third-order valence-corrected chi connectivity index (χ3v) is 8.08. The van der Waals surface area contributed by atoms with Crippen molar-refractivity contribution in [2.24, 2.45) is 11.8 Å². The lowest BCUT2D eigenvalue weighted by molar-refractivity contribution is -0.163. The molecule has 2 fully saturated rings. The Balaban J connectivity index is 1.34. The minimum atomic E-state index is -1.00. The highest BCUT2D eigenvalue weighted by atomic mass is 16.6. The monoisotopic (exact) mass is 531 g/mol. The van der Waals surface area contributed by atoms with Crippen molar-refractivity contribution < 1.29 is 14.6 Å². The zero-order valence-electron chi connectivity index (χ0n) is 22.9. The fraction of sp³-hybridized carbons (Fsp3) is 0.533. The number of H-pyrrole nitrogens is 1. The van der Waals surface area contributed by atoms with Crippen LogP contribution in [0.15, 0.2) is 41.3 Å². The summed E-state index contributed by atoms with van der Waals surface area (Å²) in [5.74, 6) is -0.0883. The number of nitrogens with zero attached hydrogens (tertiary/aromatic N) is 3. The van der Waals surface area contributed by atoms with Crippen molar-refractivity contribution in [3.63, 3.8) is 0 Å². The first-order valence-electron chi connectivity index (χ1n) is 13.9. The number of pyridine rings is 1. The van der Waals surface area contributed by atoms with Crippen molar-refractivity contribution in [3.05, 3.63) is 52.4 Å². The van der Waals surface area contributed by atoms with E-state index >= 15 is 0 Å². The zero-order chi connectivity index (χ0) is 27.8. The van der Waals surface area contributed by atoms with Gasteiger partial charge in [0.25, 0.3) is 5.56 Å². The Labute approximate surface area is 228 Å². The quantitative estimate of drug-likeness (QED) is 0.373. The fourth-order valence-corrected chi connectivity index (χ4v) is 6.00. The van der Waals surface area contributed by atoms with Gasteiger partial charge in [0.1, 0.15) is 11.0 Å². The zero-order valence-corrected chi connectivity index (χ0v) is 22.9. The Morgan fingerprint density at radius 3 is 2.51 bits per heavy atom. The lowest BCUT2D eigenvalue weighted by Gasteiger charge is -2.36. The molecular weight excluding hydrogens is 494 g/mol. The summed E-state index contributed by atoms with van der Waals surface area (Å²) in [6, 6.07) is 11.7. The number of aromatic nitrogens is 3.